The molecule has 0 atom stereocenters. The molecule has 3 rings (SSSR count). The molecular weight excluding hydrogens is 697 g/mol. The number of nitrogens with zero attached hydrogens (tertiary/aromatic N) is 2. The molecule has 0 radical (unpaired) electrons. The summed E-state index contributed by atoms with van der Waals surface area (Å²) in [6.45, 7) is 5.33. The van der Waals surface area contributed by atoms with Crippen LogP contribution in [-0.2, 0) is 29.3 Å². The summed E-state index contributed by atoms with van der Waals surface area (Å²) >= 11 is 0. The van der Waals surface area contributed by atoms with Gasteiger partial charge >= 0.3 is 0 Å². The lowest BCUT2D eigenvalue weighted by molar-refractivity contribution is -0.532. The fraction of sp³-hybridized carbons (Fsp3) is 0.410. The third-order valence-corrected chi connectivity index (χ3v) is 9.50. The van der Waals surface area contributed by atoms with E-state index in [1.165, 1.54) is 6.07 Å². The first-order valence-corrected chi connectivity index (χ1v) is 19.4. The fourth-order valence-electron chi connectivity index (χ4n) is 5.77. The molecule has 2 aromatic rings. The predicted molar refractivity (Wildman–Crippen MR) is 207 cm³/mol. The highest BCUT2D eigenvalue weighted by Gasteiger charge is 2.23. The Morgan fingerprint density at radius 3 is 1.68 bits per heavy atom. The van der Waals surface area contributed by atoms with E-state index in [0.717, 1.165) is 5.69 Å². The van der Waals surface area contributed by atoms with Gasteiger partial charge < -0.3 is 26.2 Å². The zero-order valence-electron chi connectivity index (χ0n) is 31.1. The molecule has 286 valence electrons. The number of rotatable bonds is 20. The van der Waals surface area contributed by atoms with Crippen LogP contribution >= 0.6 is 0 Å². The average Bonchev–Trinajstić information content (AvgIpc) is 3.15. The largest absolute Gasteiger partial charge is 0.372 e. The van der Waals surface area contributed by atoms with E-state index in [-0.39, 0.29) is 41.9 Å². The maximum atomic E-state index is 12.6. The van der Waals surface area contributed by atoms with Gasteiger partial charge in [0.1, 0.15) is 4.90 Å². The van der Waals surface area contributed by atoms with Gasteiger partial charge in [0.2, 0.25) is 42.7 Å². The number of allylic oxidation sites excluding steroid dienone is 5. The molecule has 1 aliphatic carbocycles. The van der Waals surface area contributed by atoms with Gasteiger partial charge in [0.05, 0.1) is 0 Å². The third-order valence-electron chi connectivity index (χ3n) is 8.59. The van der Waals surface area contributed by atoms with E-state index in [0.29, 0.717) is 92.4 Å². The molecule has 1 aliphatic rings. The van der Waals surface area contributed by atoms with Crippen molar-refractivity contribution < 1.29 is 36.7 Å². The summed E-state index contributed by atoms with van der Waals surface area (Å²) in [6, 6.07) is 13.8. The Kier molecular flexibility index (Phi) is 17.1. The average molecular weight is 750 g/mol. The Bertz CT molecular complexity index is 1770. The van der Waals surface area contributed by atoms with E-state index in [1.807, 2.05) is 67.0 Å². The Labute approximate surface area is 313 Å². The Hall–Kier alpha value is -5.08. The van der Waals surface area contributed by atoms with Crippen LogP contribution in [0.25, 0.3) is 5.57 Å². The molecule has 0 aromatic heterocycles. The molecule has 2 aromatic carbocycles. The number of benzene rings is 2. The second-order valence-electron chi connectivity index (χ2n) is 12.5. The van der Waals surface area contributed by atoms with Gasteiger partial charge in [0.15, 0.2) is 0 Å². The lowest BCUT2D eigenvalue weighted by Crippen LogP contribution is -2.41. The second-order valence-corrected chi connectivity index (χ2v) is 13.9. The smallest absolute Gasteiger partial charge is 0.295 e. The van der Waals surface area contributed by atoms with Crippen LogP contribution in [0.4, 0.5) is 5.69 Å². The summed E-state index contributed by atoms with van der Waals surface area (Å²) < 4.78 is 37.3. The zero-order valence-corrected chi connectivity index (χ0v) is 31.9. The molecule has 14 heteroatoms. The van der Waals surface area contributed by atoms with Crippen LogP contribution in [0.5, 0.6) is 0 Å². The Balaban J connectivity index is 2.08. The summed E-state index contributed by atoms with van der Waals surface area (Å²) in [5.41, 5.74) is 3.79. The van der Waals surface area contributed by atoms with Gasteiger partial charge in [-0.15, -0.1) is 0 Å². The minimum absolute atomic E-state index is 0.0565. The minimum atomic E-state index is -4.60. The van der Waals surface area contributed by atoms with E-state index in [2.05, 4.69) is 26.2 Å². The normalized spacial score (nSPS) is 12.2. The Morgan fingerprint density at radius 2 is 1.21 bits per heavy atom. The fourth-order valence-corrected chi connectivity index (χ4v) is 6.47. The number of amides is 4. The lowest BCUT2D eigenvalue weighted by atomic mass is 9.90. The van der Waals surface area contributed by atoms with Gasteiger partial charge in [-0.3, -0.25) is 23.7 Å². The van der Waals surface area contributed by atoms with Gasteiger partial charge in [-0.1, -0.05) is 44.2 Å². The SMILES string of the molecule is CCCC(=O)NC[N+](CNC(=O)CCC)=C1C=CC(=C(c2ccc(N(CCCC(=O)NC)CCCC(=O)NC)cc2)c2ccccc2S(=O)(=O)O)C=C1. The number of carbonyl (C=O) groups excluding carboxylic acids is 4. The van der Waals surface area contributed by atoms with Crippen molar-refractivity contribution in [1.82, 2.24) is 21.3 Å². The number of carbonyl (C=O) groups is 4. The molecule has 0 saturated carbocycles. The van der Waals surface area contributed by atoms with E-state index in [1.54, 1.807) is 32.3 Å². The standard InChI is InChI=1S/C39H52N6O7S/c1-5-11-37(48)42-27-45(28-43-38(49)12-6-2)32-23-19-30(20-24-32)39(33-13-7-8-14-34(33)53(50,51)52)29-17-21-31(22-18-29)44(25-9-15-35(46)40-3)26-10-16-36(47)41-4/h7-8,13-14,17-24H,5-6,9-12,15-16,25-28H2,1-4H3,(H4-,40,41,42,43,46,47,48,49,50,51,52)/p+1. The van der Waals surface area contributed by atoms with Gasteiger partial charge in [0.25, 0.3) is 10.1 Å². The maximum absolute atomic E-state index is 12.6. The van der Waals surface area contributed by atoms with Crippen molar-refractivity contribution in [2.75, 3.05) is 45.4 Å². The number of nitrogens with one attached hydrogen (secondary N) is 4. The van der Waals surface area contributed by atoms with E-state index < -0.39 is 10.1 Å². The molecule has 5 N–H and O–H groups in total. The van der Waals surface area contributed by atoms with Crippen LogP contribution in [0.15, 0.2) is 83.3 Å². The highest BCUT2D eigenvalue weighted by Crippen LogP contribution is 2.34. The first-order valence-electron chi connectivity index (χ1n) is 18.0. The van der Waals surface area contributed by atoms with Crippen LogP contribution in [0.1, 0.15) is 76.3 Å². The van der Waals surface area contributed by atoms with E-state index in [4.69, 9.17) is 0 Å². The summed E-state index contributed by atoms with van der Waals surface area (Å²) in [5.74, 6) is -0.323. The molecule has 0 spiro atoms. The molecule has 0 bridgehead atoms. The van der Waals surface area contributed by atoms with Gasteiger partial charge in [-0.2, -0.15) is 13.0 Å². The summed E-state index contributed by atoms with van der Waals surface area (Å²) in [5, 5.41) is 11.1. The van der Waals surface area contributed by atoms with Crippen molar-refractivity contribution in [3.8, 4) is 0 Å². The van der Waals surface area contributed by atoms with Crippen LogP contribution < -0.4 is 26.2 Å². The summed E-state index contributed by atoms with van der Waals surface area (Å²) in [6.07, 6.45) is 11.4. The van der Waals surface area contributed by atoms with E-state index in [9.17, 15) is 32.1 Å². The van der Waals surface area contributed by atoms with Crippen LogP contribution in [0.3, 0.4) is 0 Å². The van der Waals surface area contributed by atoms with Crippen LogP contribution in [0.2, 0.25) is 0 Å². The first kappa shape index (κ1) is 42.3. The maximum Gasteiger partial charge on any atom is 0.295 e. The highest BCUT2D eigenvalue weighted by atomic mass is 32.2. The molecule has 53 heavy (non-hydrogen) atoms. The zero-order chi connectivity index (χ0) is 38.8. The molecule has 0 unspecified atom stereocenters. The molecule has 13 nitrogen and oxygen atoms in total. The van der Waals surface area contributed by atoms with Gasteiger partial charge in [0, 0.05) is 76.3 Å². The van der Waals surface area contributed by atoms with Crippen molar-refractivity contribution >= 4 is 50.7 Å². The Morgan fingerprint density at radius 1 is 0.698 bits per heavy atom. The minimum Gasteiger partial charge on any atom is -0.372 e. The van der Waals surface area contributed by atoms with Crippen molar-refractivity contribution in [2.45, 2.75) is 70.1 Å². The molecule has 0 heterocycles. The first-order chi connectivity index (χ1) is 25.4. The lowest BCUT2D eigenvalue weighted by Gasteiger charge is -2.25. The molecular formula is C39H53N6O7S+. The highest BCUT2D eigenvalue weighted by molar-refractivity contribution is 7.86. The van der Waals surface area contributed by atoms with Crippen LogP contribution in [-0.4, -0.2) is 87.4 Å². The van der Waals surface area contributed by atoms with Gasteiger partial charge in [-0.25, -0.2) is 0 Å². The summed E-state index contributed by atoms with van der Waals surface area (Å²) in [7, 11) is -1.40. The molecule has 0 saturated heterocycles. The molecule has 0 fully saturated rings. The number of hydrogen-bond donors (Lipinski definition) is 5. The van der Waals surface area contributed by atoms with Crippen molar-refractivity contribution in [1.29, 1.82) is 0 Å². The summed E-state index contributed by atoms with van der Waals surface area (Å²) in [4.78, 5) is 50.3. The van der Waals surface area contributed by atoms with Crippen molar-refractivity contribution in [3.63, 3.8) is 0 Å². The molecule has 4 amide bonds. The number of anilines is 1. The number of hydrogen-bond acceptors (Lipinski definition) is 7. The van der Waals surface area contributed by atoms with Crippen molar-refractivity contribution in [2.24, 2.45) is 0 Å². The monoisotopic (exact) mass is 749 g/mol. The van der Waals surface area contributed by atoms with E-state index >= 15 is 0 Å². The van der Waals surface area contributed by atoms with Crippen LogP contribution in [0, 0.1) is 0 Å². The topological polar surface area (TPSA) is 177 Å². The second kappa shape index (κ2) is 21.4. The quantitative estimate of drug-likeness (QED) is 0.0769. The van der Waals surface area contributed by atoms with Gasteiger partial charge in [-0.05, 0) is 72.7 Å². The molecule has 0 aliphatic heterocycles. The predicted octanol–water partition coefficient (Wildman–Crippen LogP) is 3.92. The third kappa shape index (κ3) is 13.4. The van der Waals surface area contributed by atoms with Crippen molar-refractivity contribution in [3.05, 3.63) is 89.5 Å².